The Morgan fingerprint density at radius 1 is 1.29 bits per heavy atom. The number of sulfonamides is 1. The lowest BCUT2D eigenvalue weighted by molar-refractivity contribution is -0.116. The van der Waals surface area contributed by atoms with Crippen molar-refractivity contribution in [3.8, 4) is 5.75 Å². The van der Waals surface area contributed by atoms with Crippen molar-refractivity contribution in [1.82, 2.24) is 4.72 Å². The topological polar surface area (TPSA) is 75.7 Å². The lowest BCUT2D eigenvalue weighted by Crippen LogP contribution is -2.37. The van der Waals surface area contributed by atoms with Crippen LogP contribution in [0.5, 0.6) is 5.75 Å². The Hall–Kier alpha value is -1.60. The molecule has 0 unspecified atom stereocenters. The van der Waals surface area contributed by atoms with E-state index in [1.54, 1.807) is 24.3 Å². The van der Waals surface area contributed by atoms with Gasteiger partial charge < -0.3 is 9.64 Å². The molecule has 21 heavy (non-hydrogen) atoms. The average molecular weight is 314 g/mol. The van der Waals surface area contributed by atoms with Gasteiger partial charge in [0.15, 0.2) is 0 Å². The van der Waals surface area contributed by atoms with E-state index in [0.717, 1.165) is 12.0 Å². The first-order valence-corrected chi connectivity index (χ1v) is 8.57. The molecule has 0 spiro atoms. The summed E-state index contributed by atoms with van der Waals surface area (Å²) in [6, 6.07) is 7.13. The minimum atomic E-state index is -3.26. The van der Waals surface area contributed by atoms with Crippen LogP contribution in [-0.2, 0) is 14.8 Å². The number of hydrogen-bond donors (Lipinski definition) is 1. The fourth-order valence-electron chi connectivity index (χ4n) is 1.79. The highest BCUT2D eigenvalue weighted by molar-refractivity contribution is 7.88. The number of rotatable bonds is 7. The van der Waals surface area contributed by atoms with Crippen molar-refractivity contribution in [1.29, 1.82) is 0 Å². The van der Waals surface area contributed by atoms with Crippen LogP contribution in [0.4, 0.5) is 5.69 Å². The van der Waals surface area contributed by atoms with Crippen LogP contribution in [-0.4, -0.2) is 39.8 Å². The van der Waals surface area contributed by atoms with E-state index in [-0.39, 0.29) is 25.1 Å². The van der Waals surface area contributed by atoms with E-state index >= 15 is 0 Å². The highest BCUT2D eigenvalue weighted by Crippen LogP contribution is 2.20. The second-order valence-corrected chi connectivity index (χ2v) is 6.83. The molecule has 7 heteroatoms. The Labute approximate surface area is 126 Å². The highest BCUT2D eigenvalue weighted by atomic mass is 32.2. The van der Waals surface area contributed by atoms with Crippen LogP contribution >= 0.6 is 0 Å². The summed E-state index contributed by atoms with van der Waals surface area (Å²) in [5.41, 5.74) is 0.703. The smallest absolute Gasteiger partial charge is 0.223 e. The van der Waals surface area contributed by atoms with Crippen LogP contribution < -0.4 is 14.4 Å². The van der Waals surface area contributed by atoms with Crippen molar-refractivity contribution < 1.29 is 17.9 Å². The molecule has 118 valence electrons. The van der Waals surface area contributed by atoms with Crippen molar-refractivity contribution in [3.05, 3.63) is 24.3 Å². The van der Waals surface area contributed by atoms with Gasteiger partial charge in [0.25, 0.3) is 0 Å². The molecule has 0 aromatic heterocycles. The lowest BCUT2D eigenvalue weighted by atomic mass is 10.2. The van der Waals surface area contributed by atoms with Crippen LogP contribution in [0.25, 0.3) is 0 Å². The van der Waals surface area contributed by atoms with Gasteiger partial charge in [-0.1, -0.05) is 0 Å². The Balaban J connectivity index is 2.74. The third-order valence-electron chi connectivity index (χ3n) is 2.60. The SMILES string of the molecule is CC(=O)N(CCNS(C)(=O)=O)c1ccc(OC(C)C)cc1. The predicted molar refractivity (Wildman–Crippen MR) is 83.1 cm³/mol. The number of anilines is 1. The fourth-order valence-corrected chi connectivity index (χ4v) is 2.25. The Kier molecular flexibility index (Phi) is 6.17. The minimum absolute atomic E-state index is 0.0821. The molecule has 0 saturated heterocycles. The van der Waals surface area contributed by atoms with Gasteiger partial charge in [-0.15, -0.1) is 0 Å². The van der Waals surface area contributed by atoms with E-state index in [1.165, 1.54) is 11.8 Å². The fraction of sp³-hybridized carbons (Fsp3) is 0.500. The van der Waals surface area contributed by atoms with E-state index in [0.29, 0.717) is 5.69 Å². The maximum Gasteiger partial charge on any atom is 0.223 e. The van der Waals surface area contributed by atoms with Crippen molar-refractivity contribution >= 4 is 21.6 Å². The lowest BCUT2D eigenvalue weighted by Gasteiger charge is -2.21. The Morgan fingerprint density at radius 2 is 1.86 bits per heavy atom. The molecule has 0 aliphatic rings. The van der Waals surface area contributed by atoms with E-state index < -0.39 is 10.0 Å². The summed E-state index contributed by atoms with van der Waals surface area (Å²) in [6.45, 7) is 5.76. The van der Waals surface area contributed by atoms with Crippen LogP contribution in [0.2, 0.25) is 0 Å². The first kappa shape index (κ1) is 17.5. The zero-order valence-corrected chi connectivity index (χ0v) is 13.6. The van der Waals surface area contributed by atoms with Crippen molar-refractivity contribution in [2.24, 2.45) is 0 Å². The summed E-state index contributed by atoms with van der Waals surface area (Å²) in [6.07, 6.45) is 1.17. The summed E-state index contributed by atoms with van der Waals surface area (Å²) in [5.74, 6) is 0.578. The monoisotopic (exact) mass is 314 g/mol. The van der Waals surface area contributed by atoms with Gasteiger partial charge in [0.1, 0.15) is 5.75 Å². The molecule has 0 saturated carbocycles. The molecular weight excluding hydrogens is 292 g/mol. The second-order valence-electron chi connectivity index (χ2n) is 5.00. The number of hydrogen-bond acceptors (Lipinski definition) is 4. The molecule has 0 bridgehead atoms. The van der Waals surface area contributed by atoms with Crippen LogP contribution in [0.15, 0.2) is 24.3 Å². The van der Waals surface area contributed by atoms with Crippen LogP contribution in [0, 0.1) is 0 Å². The number of amides is 1. The number of benzene rings is 1. The summed E-state index contributed by atoms with van der Waals surface area (Å²) in [7, 11) is -3.26. The van der Waals surface area contributed by atoms with Crippen molar-refractivity contribution in [2.75, 3.05) is 24.2 Å². The maximum absolute atomic E-state index is 11.7. The number of nitrogens with one attached hydrogen (secondary N) is 1. The zero-order valence-electron chi connectivity index (χ0n) is 12.8. The molecule has 0 aliphatic heterocycles. The molecule has 1 aromatic rings. The quantitative estimate of drug-likeness (QED) is 0.825. The van der Waals surface area contributed by atoms with Gasteiger partial charge in [0.2, 0.25) is 15.9 Å². The molecule has 0 radical (unpaired) electrons. The van der Waals surface area contributed by atoms with Gasteiger partial charge in [-0.25, -0.2) is 13.1 Å². The van der Waals surface area contributed by atoms with E-state index in [4.69, 9.17) is 4.74 Å². The standard InChI is InChI=1S/C14H22N2O4S/c1-11(2)20-14-7-5-13(6-8-14)16(12(3)17)10-9-15-21(4,18)19/h5-8,11,15H,9-10H2,1-4H3. The van der Waals surface area contributed by atoms with Gasteiger partial charge >= 0.3 is 0 Å². The number of ether oxygens (including phenoxy) is 1. The number of carbonyl (C=O) groups excluding carboxylic acids is 1. The molecule has 1 amide bonds. The maximum atomic E-state index is 11.7. The largest absolute Gasteiger partial charge is 0.491 e. The summed E-state index contributed by atoms with van der Waals surface area (Å²) in [4.78, 5) is 13.2. The van der Waals surface area contributed by atoms with Gasteiger partial charge in [0, 0.05) is 25.7 Å². The van der Waals surface area contributed by atoms with Gasteiger partial charge in [-0.3, -0.25) is 4.79 Å². The van der Waals surface area contributed by atoms with Crippen molar-refractivity contribution in [2.45, 2.75) is 26.9 Å². The molecule has 0 fully saturated rings. The third kappa shape index (κ3) is 6.59. The van der Waals surface area contributed by atoms with Gasteiger partial charge in [-0.05, 0) is 38.1 Å². The summed E-state index contributed by atoms with van der Waals surface area (Å²) < 4.78 is 30.0. The predicted octanol–water partition coefficient (Wildman–Crippen LogP) is 1.38. The summed E-state index contributed by atoms with van der Waals surface area (Å²) in [5, 5.41) is 0. The molecular formula is C14H22N2O4S. The molecule has 1 N–H and O–H groups in total. The van der Waals surface area contributed by atoms with Gasteiger partial charge in [-0.2, -0.15) is 0 Å². The number of carbonyl (C=O) groups is 1. The molecule has 1 aromatic carbocycles. The second kappa shape index (κ2) is 7.42. The minimum Gasteiger partial charge on any atom is -0.491 e. The zero-order chi connectivity index (χ0) is 16.0. The van der Waals surface area contributed by atoms with Crippen molar-refractivity contribution in [3.63, 3.8) is 0 Å². The van der Waals surface area contributed by atoms with Gasteiger partial charge in [0.05, 0.1) is 12.4 Å². The average Bonchev–Trinajstić information content (AvgIpc) is 2.33. The van der Waals surface area contributed by atoms with Crippen LogP contribution in [0.3, 0.4) is 0 Å². The van der Waals surface area contributed by atoms with E-state index in [9.17, 15) is 13.2 Å². The highest BCUT2D eigenvalue weighted by Gasteiger charge is 2.12. The third-order valence-corrected chi connectivity index (χ3v) is 3.33. The molecule has 0 heterocycles. The first-order valence-electron chi connectivity index (χ1n) is 6.68. The molecule has 1 rings (SSSR count). The Bertz CT molecular complexity index is 567. The summed E-state index contributed by atoms with van der Waals surface area (Å²) >= 11 is 0. The van der Waals surface area contributed by atoms with E-state index in [2.05, 4.69) is 4.72 Å². The first-order chi connectivity index (χ1) is 9.69. The molecule has 6 nitrogen and oxygen atoms in total. The van der Waals surface area contributed by atoms with Crippen LogP contribution in [0.1, 0.15) is 20.8 Å². The normalized spacial score (nSPS) is 11.5. The van der Waals surface area contributed by atoms with E-state index in [1.807, 2.05) is 13.8 Å². The molecule has 0 atom stereocenters. The molecule has 0 aliphatic carbocycles. The number of nitrogens with zero attached hydrogens (tertiary/aromatic N) is 1. The Morgan fingerprint density at radius 3 is 2.29 bits per heavy atom.